The molecule has 11 heavy (non-hydrogen) atoms. The van der Waals surface area contributed by atoms with Gasteiger partial charge in [0.05, 0.1) is 0 Å². The summed E-state index contributed by atoms with van der Waals surface area (Å²) in [5.74, 6) is 0.489. The van der Waals surface area contributed by atoms with E-state index in [2.05, 4.69) is 9.98 Å². The molecule has 58 valence electrons. The van der Waals surface area contributed by atoms with E-state index in [0.717, 1.165) is 11.3 Å². The molecule has 1 rings (SSSR count). The van der Waals surface area contributed by atoms with Crippen LogP contribution in [0.5, 0.6) is 0 Å². The van der Waals surface area contributed by atoms with Gasteiger partial charge in [0, 0.05) is 13.2 Å². The zero-order valence-electron chi connectivity index (χ0n) is 6.70. The molecule has 0 aliphatic heterocycles. The first-order valence-corrected chi connectivity index (χ1v) is 3.40. The van der Waals surface area contributed by atoms with Crippen molar-refractivity contribution in [3.63, 3.8) is 0 Å². The number of rotatable bonds is 1. The molecule has 0 aromatic carbocycles. The number of nitrogens with two attached hydrogens (primary N) is 1. The molecule has 2 N–H and O–H groups in total. The van der Waals surface area contributed by atoms with Gasteiger partial charge in [0.2, 0.25) is 0 Å². The van der Waals surface area contributed by atoms with Crippen LogP contribution in [0.3, 0.4) is 0 Å². The fourth-order valence-corrected chi connectivity index (χ4v) is 0.860. The standard InChI is InChI=1S/C8H11N3/c1-6-4-3-5-11-7(6)8(9)10-2/h3-5H,1-2H3,(H2,9,10). The van der Waals surface area contributed by atoms with Crippen molar-refractivity contribution in [3.8, 4) is 0 Å². The van der Waals surface area contributed by atoms with Crippen LogP contribution in [-0.4, -0.2) is 17.9 Å². The monoisotopic (exact) mass is 149 g/mol. The minimum atomic E-state index is 0.489. The molecule has 0 aliphatic rings. The maximum Gasteiger partial charge on any atom is 0.144 e. The third-order valence-electron chi connectivity index (χ3n) is 1.49. The van der Waals surface area contributed by atoms with Crippen molar-refractivity contribution in [1.82, 2.24) is 4.98 Å². The summed E-state index contributed by atoms with van der Waals surface area (Å²) in [6.45, 7) is 1.96. The minimum Gasteiger partial charge on any atom is -0.382 e. The Balaban J connectivity index is 3.14. The molecule has 1 aromatic heterocycles. The van der Waals surface area contributed by atoms with Crippen molar-refractivity contribution in [1.29, 1.82) is 0 Å². The van der Waals surface area contributed by atoms with E-state index in [1.807, 2.05) is 19.1 Å². The molecule has 0 saturated heterocycles. The van der Waals surface area contributed by atoms with Gasteiger partial charge in [-0.05, 0) is 18.6 Å². The maximum absolute atomic E-state index is 5.58. The third-order valence-corrected chi connectivity index (χ3v) is 1.49. The lowest BCUT2D eigenvalue weighted by Gasteiger charge is -2.00. The van der Waals surface area contributed by atoms with E-state index in [0.29, 0.717) is 5.84 Å². The number of aryl methyl sites for hydroxylation is 1. The smallest absolute Gasteiger partial charge is 0.144 e. The average molecular weight is 149 g/mol. The molecular formula is C8H11N3. The Bertz CT molecular complexity index is 278. The summed E-state index contributed by atoms with van der Waals surface area (Å²) in [4.78, 5) is 7.94. The molecule has 0 saturated carbocycles. The van der Waals surface area contributed by atoms with Crippen molar-refractivity contribution in [2.24, 2.45) is 10.7 Å². The highest BCUT2D eigenvalue weighted by Gasteiger charge is 2.00. The van der Waals surface area contributed by atoms with E-state index in [1.165, 1.54) is 0 Å². The van der Waals surface area contributed by atoms with E-state index in [1.54, 1.807) is 13.2 Å². The summed E-state index contributed by atoms with van der Waals surface area (Å²) in [6, 6.07) is 3.84. The highest BCUT2D eigenvalue weighted by molar-refractivity contribution is 5.96. The highest BCUT2D eigenvalue weighted by Crippen LogP contribution is 2.01. The summed E-state index contributed by atoms with van der Waals surface area (Å²) < 4.78 is 0. The lowest BCUT2D eigenvalue weighted by molar-refractivity contribution is 1.21. The van der Waals surface area contributed by atoms with Gasteiger partial charge in [-0.15, -0.1) is 0 Å². The number of hydrogen-bond acceptors (Lipinski definition) is 2. The fourth-order valence-electron chi connectivity index (χ4n) is 0.860. The molecule has 3 nitrogen and oxygen atoms in total. The number of pyridine rings is 1. The molecule has 0 unspecified atom stereocenters. The first-order valence-electron chi connectivity index (χ1n) is 3.40. The summed E-state index contributed by atoms with van der Waals surface area (Å²) >= 11 is 0. The van der Waals surface area contributed by atoms with Crippen LogP contribution in [-0.2, 0) is 0 Å². The minimum absolute atomic E-state index is 0.489. The van der Waals surface area contributed by atoms with E-state index >= 15 is 0 Å². The number of aliphatic imine (C=N–C) groups is 1. The predicted molar refractivity (Wildman–Crippen MR) is 45.6 cm³/mol. The van der Waals surface area contributed by atoms with Crippen LogP contribution in [0, 0.1) is 6.92 Å². The molecule has 0 aliphatic carbocycles. The quantitative estimate of drug-likeness (QED) is 0.472. The molecule has 0 bridgehead atoms. The lowest BCUT2D eigenvalue weighted by Crippen LogP contribution is -2.16. The van der Waals surface area contributed by atoms with Gasteiger partial charge in [-0.3, -0.25) is 9.98 Å². The van der Waals surface area contributed by atoms with Crippen LogP contribution in [0.25, 0.3) is 0 Å². The van der Waals surface area contributed by atoms with Crippen LogP contribution in [0.1, 0.15) is 11.3 Å². The molecule has 0 fully saturated rings. The van der Waals surface area contributed by atoms with Crippen molar-refractivity contribution in [2.75, 3.05) is 7.05 Å². The Labute approximate surface area is 66.0 Å². The SMILES string of the molecule is CN=C(N)c1ncccc1C. The first-order chi connectivity index (χ1) is 5.25. The van der Waals surface area contributed by atoms with Gasteiger partial charge in [-0.1, -0.05) is 6.07 Å². The Hall–Kier alpha value is -1.38. The van der Waals surface area contributed by atoms with Crippen LogP contribution in [0.2, 0.25) is 0 Å². The van der Waals surface area contributed by atoms with E-state index < -0.39 is 0 Å². The van der Waals surface area contributed by atoms with Crippen molar-refractivity contribution in [2.45, 2.75) is 6.92 Å². The van der Waals surface area contributed by atoms with Gasteiger partial charge in [0.1, 0.15) is 11.5 Å². The molecule has 1 heterocycles. The van der Waals surface area contributed by atoms with Crippen LogP contribution < -0.4 is 5.73 Å². The summed E-state index contributed by atoms with van der Waals surface area (Å²) in [5, 5.41) is 0. The van der Waals surface area contributed by atoms with Gasteiger partial charge in [0.25, 0.3) is 0 Å². The molecule has 0 amide bonds. The second kappa shape index (κ2) is 3.14. The van der Waals surface area contributed by atoms with Gasteiger partial charge < -0.3 is 5.73 Å². The Morgan fingerprint density at radius 1 is 1.64 bits per heavy atom. The van der Waals surface area contributed by atoms with Crippen LogP contribution in [0.15, 0.2) is 23.3 Å². The molecule has 0 radical (unpaired) electrons. The van der Waals surface area contributed by atoms with E-state index in [4.69, 9.17) is 5.73 Å². The first kappa shape index (κ1) is 7.72. The van der Waals surface area contributed by atoms with E-state index in [9.17, 15) is 0 Å². The number of nitrogens with zero attached hydrogens (tertiary/aromatic N) is 2. The Kier molecular flexibility index (Phi) is 2.21. The molecule has 0 spiro atoms. The van der Waals surface area contributed by atoms with E-state index in [-0.39, 0.29) is 0 Å². The van der Waals surface area contributed by atoms with Crippen molar-refractivity contribution in [3.05, 3.63) is 29.6 Å². The topological polar surface area (TPSA) is 51.3 Å². The third kappa shape index (κ3) is 1.55. The highest BCUT2D eigenvalue weighted by atomic mass is 14.9. The van der Waals surface area contributed by atoms with Gasteiger partial charge in [-0.2, -0.15) is 0 Å². The predicted octanol–water partition coefficient (Wildman–Crippen LogP) is 0.725. The van der Waals surface area contributed by atoms with Gasteiger partial charge >= 0.3 is 0 Å². The molecule has 1 aromatic rings. The largest absolute Gasteiger partial charge is 0.382 e. The summed E-state index contributed by atoms with van der Waals surface area (Å²) in [5.41, 5.74) is 7.41. The number of hydrogen-bond donors (Lipinski definition) is 1. The number of aromatic nitrogens is 1. The Morgan fingerprint density at radius 3 is 2.91 bits per heavy atom. The summed E-state index contributed by atoms with van der Waals surface area (Å²) in [6.07, 6.45) is 1.71. The van der Waals surface area contributed by atoms with Gasteiger partial charge in [0.15, 0.2) is 0 Å². The van der Waals surface area contributed by atoms with Gasteiger partial charge in [-0.25, -0.2) is 0 Å². The lowest BCUT2D eigenvalue weighted by atomic mass is 10.2. The average Bonchev–Trinajstić information content (AvgIpc) is 2.04. The van der Waals surface area contributed by atoms with Crippen LogP contribution >= 0.6 is 0 Å². The Morgan fingerprint density at radius 2 is 2.36 bits per heavy atom. The molecule has 0 atom stereocenters. The number of amidine groups is 1. The molecular weight excluding hydrogens is 138 g/mol. The maximum atomic E-state index is 5.58. The second-order valence-corrected chi connectivity index (χ2v) is 2.28. The second-order valence-electron chi connectivity index (χ2n) is 2.28. The fraction of sp³-hybridized carbons (Fsp3) is 0.250. The zero-order valence-corrected chi connectivity index (χ0v) is 6.70. The summed E-state index contributed by atoms with van der Waals surface area (Å²) in [7, 11) is 1.66. The zero-order chi connectivity index (χ0) is 8.27. The van der Waals surface area contributed by atoms with Crippen LogP contribution in [0.4, 0.5) is 0 Å². The normalized spacial score (nSPS) is 11.6. The van der Waals surface area contributed by atoms with Crippen molar-refractivity contribution < 1.29 is 0 Å². The van der Waals surface area contributed by atoms with Crippen molar-refractivity contribution >= 4 is 5.84 Å². The molecule has 3 heteroatoms.